The van der Waals surface area contributed by atoms with E-state index in [1.807, 2.05) is 32.6 Å². The second-order valence-electron chi connectivity index (χ2n) is 13.9. The number of ether oxygens (including phenoxy) is 1. The molecule has 13 heteroatoms. The Morgan fingerprint density at radius 1 is 1.07 bits per heavy atom. The summed E-state index contributed by atoms with van der Waals surface area (Å²) in [7, 11) is 1.30. The van der Waals surface area contributed by atoms with Crippen LogP contribution in [0.1, 0.15) is 89.5 Å². The van der Waals surface area contributed by atoms with Gasteiger partial charge in [-0.15, -0.1) is 0 Å². The molecule has 3 saturated heterocycles. The number of fused-ring (bicyclic) bond motifs is 2. The number of nitrogens with zero attached hydrogens (tertiary/aromatic N) is 5. The van der Waals surface area contributed by atoms with Gasteiger partial charge in [-0.2, -0.15) is 0 Å². The summed E-state index contributed by atoms with van der Waals surface area (Å²) in [6, 6.07) is -3.08. The molecule has 1 spiro atoms. The van der Waals surface area contributed by atoms with Crippen molar-refractivity contribution in [2.24, 2.45) is 11.3 Å². The molecule has 4 heterocycles. The monoisotopic (exact) mass is 625 g/mol. The Labute approximate surface area is 264 Å². The lowest BCUT2D eigenvalue weighted by atomic mass is 9.82. The van der Waals surface area contributed by atoms with Crippen LogP contribution >= 0.6 is 0 Å². The van der Waals surface area contributed by atoms with Crippen molar-refractivity contribution in [2.75, 3.05) is 26.7 Å². The summed E-state index contributed by atoms with van der Waals surface area (Å²) in [5, 5.41) is 5.88. The average Bonchev–Trinajstić information content (AvgIpc) is 3.73. The minimum absolute atomic E-state index is 0.0303. The van der Waals surface area contributed by atoms with Gasteiger partial charge in [-0.05, 0) is 43.9 Å². The molecule has 246 valence electrons. The highest BCUT2D eigenvalue weighted by molar-refractivity contribution is 5.98. The number of esters is 1. The van der Waals surface area contributed by atoms with Crippen LogP contribution in [0.5, 0.6) is 0 Å². The van der Waals surface area contributed by atoms with Gasteiger partial charge in [-0.1, -0.05) is 40.0 Å². The van der Waals surface area contributed by atoms with E-state index in [0.29, 0.717) is 13.1 Å². The van der Waals surface area contributed by atoms with E-state index < -0.39 is 52.9 Å². The number of amides is 4. The Balaban J connectivity index is 1.43. The third-order valence-corrected chi connectivity index (χ3v) is 10.1. The highest BCUT2D eigenvalue weighted by atomic mass is 16.5. The SMILES string of the molecule is CCN1C(=O)C2CCCN2C12CC(C(=O)OC)N(C(=O)C(NC(=O)C(NC(=O)c1cnccn1)C1CCCCC1)C(C)(C)C)C2. The second-order valence-corrected chi connectivity index (χ2v) is 13.9. The number of likely N-dealkylation sites (tertiary alicyclic amines) is 1. The molecule has 0 bridgehead atoms. The van der Waals surface area contributed by atoms with Gasteiger partial charge in [0, 0.05) is 31.9 Å². The molecule has 1 aromatic rings. The van der Waals surface area contributed by atoms with Crippen LogP contribution in [0, 0.1) is 11.3 Å². The van der Waals surface area contributed by atoms with Crippen molar-refractivity contribution in [3.05, 3.63) is 24.3 Å². The van der Waals surface area contributed by atoms with Crippen LogP contribution in [0.2, 0.25) is 0 Å². The number of aromatic nitrogens is 2. The molecule has 4 amide bonds. The van der Waals surface area contributed by atoms with E-state index in [0.717, 1.165) is 44.9 Å². The molecule has 1 saturated carbocycles. The van der Waals surface area contributed by atoms with Gasteiger partial charge in [-0.3, -0.25) is 29.1 Å². The molecule has 1 aromatic heterocycles. The fraction of sp³-hybridized carbons (Fsp3) is 0.719. The van der Waals surface area contributed by atoms with Gasteiger partial charge in [0.1, 0.15) is 29.5 Å². The maximum absolute atomic E-state index is 14.6. The van der Waals surface area contributed by atoms with E-state index >= 15 is 0 Å². The average molecular weight is 626 g/mol. The Hall–Kier alpha value is -3.61. The molecule has 2 N–H and O–H groups in total. The van der Waals surface area contributed by atoms with Crippen LogP contribution in [-0.4, -0.2) is 111 Å². The summed E-state index contributed by atoms with van der Waals surface area (Å²) < 4.78 is 5.17. The van der Waals surface area contributed by atoms with Crippen LogP contribution in [0.4, 0.5) is 0 Å². The van der Waals surface area contributed by atoms with Crippen molar-refractivity contribution in [2.45, 2.75) is 109 Å². The highest BCUT2D eigenvalue weighted by Gasteiger charge is 2.64. The van der Waals surface area contributed by atoms with Crippen LogP contribution in [0.3, 0.4) is 0 Å². The van der Waals surface area contributed by atoms with E-state index in [1.54, 1.807) is 0 Å². The number of methoxy groups -OCH3 is 1. The van der Waals surface area contributed by atoms with Gasteiger partial charge in [0.15, 0.2) is 0 Å². The third-order valence-electron chi connectivity index (χ3n) is 10.1. The molecular formula is C32H47N7O6. The number of hydrogen-bond acceptors (Lipinski definition) is 9. The first-order chi connectivity index (χ1) is 21.4. The molecule has 5 unspecified atom stereocenters. The number of carbonyl (C=O) groups excluding carboxylic acids is 5. The summed E-state index contributed by atoms with van der Waals surface area (Å²) in [4.78, 5) is 82.0. The zero-order valence-electron chi connectivity index (χ0n) is 27.1. The fourth-order valence-electron chi connectivity index (χ4n) is 7.90. The number of hydrogen-bond donors (Lipinski definition) is 2. The van der Waals surface area contributed by atoms with Crippen molar-refractivity contribution in [1.82, 2.24) is 35.3 Å². The third kappa shape index (κ3) is 6.15. The largest absolute Gasteiger partial charge is 0.467 e. The molecule has 1 aliphatic carbocycles. The van der Waals surface area contributed by atoms with Gasteiger partial charge in [0.25, 0.3) is 5.91 Å². The number of rotatable bonds is 8. The minimum Gasteiger partial charge on any atom is -0.467 e. The topological polar surface area (TPSA) is 154 Å². The molecule has 0 radical (unpaired) electrons. The van der Waals surface area contributed by atoms with E-state index in [1.165, 1.54) is 30.6 Å². The molecular weight excluding hydrogens is 578 g/mol. The molecule has 0 aromatic carbocycles. The molecule has 5 atom stereocenters. The Morgan fingerprint density at radius 3 is 2.42 bits per heavy atom. The minimum atomic E-state index is -1.02. The summed E-state index contributed by atoms with van der Waals surface area (Å²) in [6.07, 6.45) is 10.6. The van der Waals surface area contributed by atoms with Crippen molar-refractivity contribution < 1.29 is 28.7 Å². The molecule has 4 fully saturated rings. The quantitative estimate of drug-likeness (QED) is 0.409. The van der Waals surface area contributed by atoms with Gasteiger partial charge in [0.2, 0.25) is 17.7 Å². The summed E-state index contributed by atoms with van der Waals surface area (Å²) in [5.41, 5.74) is -1.46. The first-order valence-electron chi connectivity index (χ1n) is 16.3. The lowest BCUT2D eigenvalue weighted by Crippen LogP contribution is -2.62. The molecule has 4 aliphatic rings. The summed E-state index contributed by atoms with van der Waals surface area (Å²) >= 11 is 0. The van der Waals surface area contributed by atoms with Gasteiger partial charge in [0.05, 0.1) is 25.9 Å². The number of likely N-dealkylation sites (N-methyl/N-ethyl adjacent to an activating group) is 1. The van der Waals surface area contributed by atoms with E-state index in [2.05, 4.69) is 25.5 Å². The first-order valence-corrected chi connectivity index (χ1v) is 16.3. The van der Waals surface area contributed by atoms with Gasteiger partial charge in [-0.25, -0.2) is 9.78 Å². The van der Waals surface area contributed by atoms with E-state index in [9.17, 15) is 24.0 Å². The van der Waals surface area contributed by atoms with E-state index in [4.69, 9.17) is 4.74 Å². The van der Waals surface area contributed by atoms with Crippen molar-refractivity contribution in [3.8, 4) is 0 Å². The summed E-state index contributed by atoms with van der Waals surface area (Å²) in [5.74, 6) is -2.02. The van der Waals surface area contributed by atoms with Crippen molar-refractivity contribution in [1.29, 1.82) is 0 Å². The maximum atomic E-state index is 14.6. The predicted octanol–water partition coefficient (Wildman–Crippen LogP) is 1.48. The predicted molar refractivity (Wildman–Crippen MR) is 163 cm³/mol. The Bertz CT molecular complexity index is 1300. The number of nitrogens with one attached hydrogen (secondary N) is 2. The van der Waals surface area contributed by atoms with Crippen molar-refractivity contribution in [3.63, 3.8) is 0 Å². The lowest BCUT2D eigenvalue weighted by Gasteiger charge is -2.40. The van der Waals surface area contributed by atoms with E-state index in [-0.39, 0.29) is 36.5 Å². The molecule has 5 rings (SSSR count). The van der Waals surface area contributed by atoms with Crippen molar-refractivity contribution >= 4 is 29.6 Å². The maximum Gasteiger partial charge on any atom is 0.328 e. The zero-order chi connectivity index (χ0) is 32.5. The second kappa shape index (κ2) is 13.0. The van der Waals surface area contributed by atoms with Crippen LogP contribution in [0.15, 0.2) is 18.6 Å². The van der Waals surface area contributed by atoms with Gasteiger partial charge >= 0.3 is 5.97 Å². The zero-order valence-corrected chi connectivity index (χ0v) is 27.1. The number of carbonyl (C=O) groups is 5. The molecule has 13 nitrogen and oxygen atoms in total. The Morgan fingerprint density at radius 2 is 1.80 bits per heavy atom. The van der Waals surface area contributed by atoms with Gasteiger partial charge < -0.3 is 25.2 Å². The molecule has 45 heavy (non-hydrogen) atoms. The molecule has 3 aliphatic heterocycles. The summed E-state index contributed by atoms with van der Waals surface area (Å²) in [6.45, 7) is 8.79. The lowest BCUT2D eigenvalue weighted by molar-refractivity contribution is -0.153. The highest BCUT2D eigenvalue weighted by Crippen LogP contribution is 2.46. The van der Waals surface area contributed by atoms with Crippen LogP contribution < -0.4 is 10.6 Å². The van der Waals surface area contributed by atoms with Crippen LogP contribution in [0.25, 0.3) is 0 Å². The first kappa shape index (κ1) is 32.8. The van der Waals surface area contributed by atoms with Crippen LogP contribution in [-0.2, 0) is 23.9 Å². The smallest absolute Gasteiger partial charge is 0.328 e. The Kier molecular flexibility index (Phi) is 9.48. The standard InChI is InChI=1S/C32H47N7O6/c1-6-38-28(42)22-13-10-16-39(22)32(38)17-23(30(44)45-5)37(19-32)29(43)25(31(2,3)4)36-27(41)24(20-11-8-7-9-12-20)35-26(40)21-18-33-14-15-34-21/h14-15,18,20,22-25H,6-13,16-17,19H2,1-5H3,(H,35,40)(H,36,41). The fourth-order valence-corrected chi connectivity index (χ4v) is 7.90. The normalized spacial score (nSPS) is 26.9.